The third-order valence-corrected chi connectivity index (χ3v) is 5.55. The molecule has 5 rings (SSSR count). The molecule has 7 heteroatoms. The van der Waals surface area contributed by atoms with Crippen LogP contribution in [0, 0.1) is 0 Å². The first kappa shape index (κ1) is 16.1. The van der Waals surface area contributed by atoms with Gasteiger partial charge in [0.1, 0.15) is 0 Å². The molecule has 1 aromatic carbocycles. The van der Waals surface area contributed by atoms with E-state index in [0.29, 0.717) is 11.8 Å². The minimum Gasteiger partial charge on any atom is -0.351 e. The van der Waals surface area contributed by atoms with Crippen LogP contribution in [0.25, 0.3) is 10.9 Å². The summed E-state index contributed by atoms with van der Waals surface area (Å²) >= 11 is 0. The van der Waals surface area contributed by atoms with E-state index in [9.17, 15) is 4.79 Å². The summed E-state index contributed by atoms with van der Waals surface area (Å²) in [4.78, 5) is 32.6. The highest BCUT2D eigenvalue weighted by Gasteiger charge is 2.51. The van der Waals surface area contributed by atoms with Gasteiger partial charge in [-0.15, -0.1) is 0 Å². The van der Waals surface area contributed by atoms with Crippen molar-refractivity contribution in [3.8, 4) is 0 Å². The van der Waals surface area contributed by atoms with Crippen LogP contribution in [0.4, 0.5) is 11.8 Å². The van der Waals surface area contributed by atoms with Crippen molar-refractivity contribution in [1.29, 1.82) is 0 Å². The van der Waals surface area contributed by atoms with E-state index in [-0.39, 0.29) is 18.0 Å². The van der Waals surface area contributed by atoms with Gasteiger partial charge in [-0.3, -0.25) is 14.7 Å². The number of para-hydroxylation sites is 1. The van der Waals surface area contributed by atoms with Crippen molar-refractivity contribution in [2.24, 2.45) is 0 Å². The first-order valence-corrected chi connectivity index (χ1v) is 9.17. The lowest BCUT2D eigenvalue weighted by atomic mass is 9.85. The molecule has 0 atom stereocenters. The number of hydrogen-bond donors (Lipinski definition) is 1. The second-order valence-corrected chi connectivity index (χ2v) is 7.75. The fourth-order valence-corrected chi connectivity index (χ4v) is 3.93. The lowest BCUT2D eigenvalue weighted by Gasteiger charge is -2.41. The summed E-state index contributed by atoms with van der Waals surface area (Å²) in [6, 6.07) is 8.30. The second-order valence-electron chi connectivity index (χ2n) is 7.75. The zero-order valence-corrected chi connectivity index (χ0v) is 15.3. The molecular formula is C20H20N6O. The Labute approximate surface area is 156 Å². The fraction of sp³-hybridized carbons (Fsp3) is 0.350. The zero-order valence-electron chi connectivity index (χ0n) is 15.3. The van der Waals surface area contributed by atoms with Gasteiger partial charge >= 0.3 is 0 Å². The lowest BCUT2D eigenvalue weighted by Crippen LogP contribution is -2.53. The molecular weight excluding hydrogens is 340 g/mol. The van der Waals surface area contributed by atoms with Crippen LogP contribution in [0.2, 0.25) is 0 Å². The molecule has 0 bridgehead atoms. The van der Waals surface area contributed by atoms with Gasteiger partial charge in [-0.05, 0) is 32.8 Å². The van der Waals surface area contributed by atoms with Gasteiger partial charge in [-0.1, -0.05) is 18.2 Å². The standard InChI is InChI=1S/C20H20N6O/c1-20(2)16-17(22-8-7-21-16)26(18(20)27)14-9-13(10-14)24-19-23-11-12-5-3-4-6-15(12)25-19/h3-8,11,13-14H,9-10H2,1-2H3,(H,23,24,25). The maximum absolute atomic E-state index is 12.9. The maximum atomic E-state index is 12.9. The lowest BCUT2D eigenvalue weighted by molar-refractivity contribution is -0.123. The zero-order chi connectivity index (χ0) is 18.6. The SMILES string of the molecule is CC1(C)C(=O)N(C2CC(Nc3ncc4ccccc4n3)C2)c2nccnc21. The predicted molar refractivity (Wildman–Crippen MR) is 103 cm³/mol. The highest BCUT2D eigenvalue weighted by Crippen LogP contribution is 2.43. The molecule has 3 heterocycles. The van der Waals surface area contributed by atoms with E-state index in [1.807, 2.05) is 49.2 Å². The van der Waals surface area contributed by atoms with Crippen molar-refractivity contribution in [3.63, 3.8) is 0 Å². The van der Waals surface area contributed by atoms with Gasteiger partial charge in [-0.25, -0.2) is 15.0 Å². The van der Waals surface area contributed by atoms with Crippen molar-refractivity contribution in [3.05, 3.63) is 48.5 Å². The summed E-state index contributed by atoms with van der Waals surface area (Å²) in [6.45, 7) is 3.83. The molecule has 1 aliphatic carbocycles. The first-order valence-electron chi connectivity index (χ1n) is 9.17. The summed E-state index contributed by atoms with van der Waals surface area (Å²) in [5.41, 5.74) is 1.07. The number of rotatable bonds is 3. The van der Waals surface area contributed by atoms with Crippen LogP contribution in [-0.4, -0.2) is 37.9 Å². The van der Waals surface area contributed by atoms with Gasteiger partial charge in [0.25, 0.3) is 0 Å². The predicted octanol–water partition coefficient (Wildman–Crippen LogP) is 2.69. The van der Waals surface area contributed by atoms with E-state index >= 15 is 0 Å². The summed E-state index contributed by atoms with van der Waals surface area (Å²) < 4.78 is 0. The number of hydrogen-bond acceptors (Lipinski definition) is 6. The maximum Gasteiger partial charge on any atom is 0.240 e. The molecule has 0 saturated heterocycles. The van der Waals surface area contributed by atoms with Gasteiger partial charge in [0.2, 0.25) is 11.9 Å². The summed E-state index contributed by atoms with van der Waals surface area (Å²) in [7, 11) is 0. The van der Waals surface area contributed by atoms with Gasteiger partial charge in [0.05, 0.1) is 16.6 Å². The number of amides is 1. The number of fused-ring (bicyclic) bond motifs is 2. The molecule has 3 aromatic rings. The van der Waals surface area contributed by atoms with E-state index in [4.69, 9.17) is 0 Å². The highest BCUT2D eigenvalue weighted by molar-refractivity contribution is 6.06. The topological polar surface area (TPSA) is 83.9 Å². The first-order chi connectivity index (χ1) is 13.0. The van der Waals surface area contributed by atoms with E-state index in [1.54, 1.807) is 12.4 Å². The Bertz CT molecular complexity index is 1040. The Kier molecular flexibility index (Phi) is 3.40. The van der Waals surface area contributed by atoms with Crippen LogP contribution in [0.3, 0.4) is 0 Å². The van der Waals surface area contributed by atoms with Crippen LogP contribution < -0.4 is 10.2 Å². The average Bonchev–Trinajstić information content (AvgIpc) is 2.85. The minimum atomic E-state index is -0.621. The largest absolute Gasteiger partial charge is 0.351 e. The molecule has 1 N–H and O–H groups in total. The number of nitrogens with one attached hydrogen (secondary N) is 1. The summed E-state index contributed by atoms with van der Waals surface area (Å²) in [5, 5.41) is 4.41. The van der Waals surface area contributed by atoms with Crippen LogP contribution in [0.15, 0.2) is 42.9 Å². The van der Waals surface area contributed by atoms with Crippen LogP contribution >= 0.6 is 0 Å². The number of carbonyl (C=O) groups is 1. The molecule has 27 heavy (non-hydrogen) atoms. The van der Waals surface area contributed by atoms with E-state index in [2.05, 4.69) is 25.3 Å². The Morgan fingerprint density at radius 1 is 1.11 bits per heavy atom. The van der Waals surface area contributed by atoms with E-state index in [0.717, 1.165) is 29.4 Å². The number of carbonyl (C=O) groups excluding carboxylic acids is 1. The third-order valence-electron chi connectivity index (χ3n) is 5.55. The molecule has 0 radical (unpaired) electrons. The van der Waals surface area contributed by atoms with Crippen LogP contribution in [0.1, 0.15) is 32.4 Å². The van der Waals surface area contributed by atoms with E-state index < -0.39 is 5.41 Å². The van der Waals surface area contributed by atoms with Gasteiger partial charge in [-0.2, -0.15) is 0 Å². The van der Waals surface area contributed by atoms with Gasteiger partial charge in [0, 0.05) is 36.1 Å². The quantitative estimate of drug-likeness (QED) is 0.773. The second kappa shape index (κ2) is 5.70. The van der Waals surface area contributed by atoms with Crippen molar-refractivity contribution < 1.29 is 4.79 Å². The van der Waals surface area contributed by atoms with E-state index in [1.165, 1.54) is 0 Å². The Morgan fingerprint density at radius 2 is 1.89 bits per heavy atom. The molecule has 7 nitrogen and oxygen atoms in total. The number of aromatic nitrogens is 4. The third kappa shape index (κ3) is 2.45. The molecule has 1 saturated carbocycles. The number of anilines is 2. The van der Waals surface area contributed by atoms with Gasteiger partial charge in [0.15, 0.2) is 5.82 Å². The Hall–Kier alpha value is -3.09. The Balaban J connectivity index is 1.31. The highest BCUT2D eigenvalue weighted by atomic mass is 16.2. The van der Waals surface area contributed by atoms with Crippen molar-refractivity contribution in [1.82, 2.24) is 19.9 Å². The van der Waals surface area contributed by atoms with Crippen LogP contribution in [-0.2, 0) is 10.2 Å². The number of benzene rings is 1. The molecule has 1 amide bonds. The Morgan fingerprint density at radius 3 is 2.74 bits per heavy atom. The molecule has 1 fully saturated rings. The normalized spacial score (nSPS) is 23.2. The molecule has 1 aliphatic heterocycles. The van der Waals surface area contributed by atoms with Crippen molar-refractivity contribution >= 4 is 28.6 Å². The molecule has 0 spiro atoms. The molecule has 2 aromatic heterocycles. The van der Waals surface area contributed by atoms with Gasteiger partial charge < -0.3 is 5.32 Å². The summed E-state index contributed by atoms with van der Waals surface area (Å²) in [6.07, 6.45) is 6.82. The van der Waals surface area contributed by atoms with Crippen molar-refractivity contribution in [2.45, 2.75) is 44.2 Å². The molecule has 0 unspecified atom stereocenters. The molecule has 2 aliphatic rings. The fourth-order valence-electron chi connectivity index (χ4n) is 3.93. The average molecular weight is 360 g/mol. The summed E-state index contributed by atoms with van der Waals surface area (Å²) in [5.74, 6) is 1.41. The van der Waals surface area contributed by atoms with Crippen molar-refractivity contribution in [2.75, 3.05) is 10.2 Å². The molecule has 136 valence electrons. The minimum absolute atomic E-state index is 0.0779. The van der Waals surface area contributed by atoms with Crippen LogP contribution in [0.5, 0.6) is 0 Å². The number of nitrogens with zero attached hydrogens (tertiary/aromatic N) is 5. The monoisotopic (exact) mass is 360 g/mol. The smallest absolute Gasteiger partial charge is 0.240 e.